The summed E-state index contributed by atoms with van der Waals surface area (Å²) in [6.45, 7) is 1.76. The number of fused-ring (bicyclic) bond motifs is 2. The van der Waals surface area contributed by atoms with Gasteiger partial charge in [0.2, 0.25) is 0 Å². The average molecular weight is 530 g/mol. The average Bonchev–Trinajstić information content (AvgIpc) is 3.28. The van der Waals surface area contributed by atoms with Gasteiger partial charge in [0, 0.05) is 35.5 Å². The maximum Gasteiger partial charge on any atom is 0.416 e. The Balaban J connectivity index is 1.23. The van der Waals surface area contributed by atoms with Crippen LogP contribution in [0, 0.1) is 11.3 Å². The Labute approximate surface area is 221 Å². The molecule has 8 rings (SSSR count). The lowest BCUT2D eigenvalue weighted by Crippen LogP contribution is -2.81. The molecule has 8 heteroatoms. The van der Waals surface area contributed by atoms with Crippen LogP contribution in [0.4, 0.5) is 13.2 Å². The number of likely N-dealkylation sites (N-methyl/N-ethyl adjacent to an activating group) is 1. The molecular weight excluding hydrogens is 495 g/mol. The van der Waals surface area contributed by atoms with Crippen LogP contribution in [0.3, 0.4) is 0 Å². The number of hydrogen-bond donors (Lipinski definition) is 0. The number of benzene rings is 2. The zero-order chi connectivity index (χ0) is 26.5. The van der Waals surface area contributed by atoms with E-state index >= 15 is 0 Å². The summed E-state index contributed by atoms with van der Waals surface area (Å²) in [6.07, 6.45) is 0.541. The topological polar surface area (TPSA) is 40.2 Å². The Morgan fingerprint density at radius 1 is 1.05 bits per heavy atom. The number of rotatable bonds is 6. The highest BCUT2D eigenvalue weighted by molar-refractivity contribution is 5.63. The highest BCUT2D eigenvalue weighted by atomic mass is 19.4. The van der Waals surface area contributed by atoms with Gasteiger partial charge >= 0.3 is 6.18 Å². The lowest BCUT2D eigenvalue weighted by molar-refractivity contribution is -0.282. The Hall–Kier alpha value is -2.29. The summed E-state index contributed by atoms with van der Waals surface area (Å²) in [4.78, 5) is 2.55. The van der Waals surface area contributed by atoms with Crippen molar-refractivity contribution >= 4 is 0 Å². The molecular formula is C30H34F3NO4. The minimum Gasteiger partial charge on any atom is -0.493 e. The van der Waals surface area contributed by atoms with E-state index in [2.05, 4.69) is 18.0 Å². The van der Waals surface area contributed by atoms with Crippen molar-refractivity contribution in [3.8, 4) is 11.5 Å². The van der Waals surface area contributed by atoms with Gasteiger partial charge in [0.05, 0.1) is 25.9 Å². The van der Waals surface area contributed by atoms with Gasteiger partial charge in [-0.2, -0.15) is 13.2 Å². The first kappa shape index (κ1) is 24.7. The Kier molecular flexibility index (Phi) is 5.28. The van der Waals surface area contributed by atoms with Crippen molar-refractivity contribution in [2.24, 2.45) is 11.3 Å². The van der Waals surface area contributed by atoms with Crippen LogP contribution in [0.2, 0.25) is 0 Å². The summed E-state index contributed by atoms with van der Waals surface area (Å²) in [6, 6.07) is 9.93. The second-order valence-corrected chi connectivity index (χ2v) is 12.0. The van der Waals surface area contributed by atoms with Crippen molar-refractivity contribution in [3.05, 3.63) is 58.7 Å². The fourth-order valence-electron chi connectivity index (χ4n) is 9.28. The molecule has 2 aromatic carbocycles. The standard InChI is InChI=1S/C30H34F3NO4/c1-34-13-12-28-24-19-6-9-22(35-2)25(24)38-26(28)29(36-3)11-10-27(28,23(34)14-19)15-21(29)17-37-16-18-4-7-20(8-5-18)30(31,32)33/h4-9,21,23,26H,10-17H2,1-3H3/t21-,23-,26-,27?,28?,29-/m1/s1. The molecule has 2 spiro atoms. The molecule has 5 nitrogen and oxygen atoms in total. The highest BCUT2D eigenvalue weighted by Gasteiger charge is 2.80. The first-order valence-electron chi connectivity index (χ1n) is 13.6. The molecule has 1 saturated heterocycles. The quantitative estimate of drug-likeness (QED) is 0.503. The number of hydrogen-bond acceptors (Lipinski definition) is 5. The maximum atomic E-state index is 13.0. The molecule has 2 unspecified atom stereocenters. The van der Waals surface area contributed by atoms with E-state index in [1.165, 1.54) is 23.3 Å². The predicted octanol–water partition coefficient (Wildman–Crippen LogP) is 5.38. The minimum absolute atomic E-state index is 0.0535. The number of nitrogens with zero attached hydrogens (tertiary/aromatic N) is 1. The van der Waals surface area contributed by atoms with Gasteiger partial charge in [0.1, 0.15) is 11.7 Å². The number of piperidine rings is 1. The first-order chi connectivity index (χ1) is 18.2. The molecule has 0 aromatic heterocycles. The molecule has 4 aliphatic carbocycles. The molecule has 38 heavy (non-hydrogen) atoms. The summed E-state index contributed by atoms with van der Waals surface area (Å²) in [5, 5.41) is 0. The summed E-state index contributed by atoms with van der Waals surface area (Å²) >= 11 is 0. The van der Waals surface area contributed by atoms with Gasteiger partial charge in [0.15, 0.2) is 11.5 Å². The second-order valence-electron chi connectivity index (χ2n) is 12.0. The summed E-state index contributed by atoms with van der Waals surface area (Å²) in [5.41, 5.74) is 2.26. The Morgan fingerprint density at radius 3 is 2.55 bits per heavy atom. The van der Waals surface area contributed by atoms with Crippen LogP contribution in [-0.4, -0.2) is 57.1 Å². The molecule has 2 aromatic rings. The molecule has 4 bridgehead atoms. The van der Waals surface area contributed by atoms with Gasteiger partial charge in [-0.15, -0.1) is 0 Å². The smallest absolute Gasteiger partial charge is 0.416 e. The summed E-state index contributed by atoms with van der Waals surface area (Å²) < 4.78 is 64.4. The fraction of sp³-hybridized carbons (Fsp3) is 0.600. The van der Waals surface area contributed by atoms with E-state index in [1.54, 1.807) is 14.2 Å². The molecule has 2 aliphatic heterocycles. The molecule has 0 radical (unpaired) electrons. The van der Waals surface area contributed by atoms with Crippen LogP contribution >= 0.6 is 0 Å². The molecule has 6 atom stereocenters. The van der Waals surface area contributed by atoms with Gasteiger partial charge in [0.25, 0.3) is 0 Å². The SMILES string of the molecule is COc1ccc2c3c1O[C@@H]1C34CCN(C)[C@H](C2)C42CC[C@@]1(OC)[C@@H](COCc1ccc(C(F)(F)F)cc1)C2. The van der Waals surface area contributed by atoms with E-state index in [1.807, 2.05) is 6.07 Å². The van der Waals surface area contributed by atoms with Gasteiger partial charge in [-0.1, -0.05) is 18.2 Å². The number of ether oxygens (including phenoxy) is 4. The third-order valence-electron chi connectivity index (χ3n) is 10.8. The van der Waals surface area contributed by atoms with E-state index in [0.29, 0.717) is 12.6 Å². The van der Waals surface area contributed by atoms with Crippen LogP contribution in [0.5, 0.6) is 11.5 Å². The summed E-state index contributed by atoms with van der Waals surface area (Å²) in [7, 11) is 5.77. The van der Waals surface area contributed by atoms with Gasteiger partial charge in [-0.25, -0.2) is 0 Å². The number of methoxy groups -OCH3 is 2. The Bertz CT molecular complexity index is 1270. The third kappa shape index (κ3) is 2.94. The number of likely N-dealkylation sites (tertiary alicyclic amines) is 1. The molecule has 2 heterocycles. The largest absolute Gasteiger partial charge is 0.493 e. The zero-order valence-electron chi connectivity index (χ0n) is 22.1. The van der Waals surface area contributed by atoms with Crippen molar-refractivity contribution in [3.63, 3.8) is 0 Å². The predicted molar refractivity (Wildman–Crippen MR) is 134 cm³/mol. The molecule has 204 valence electrons. The van der Waals surface area contributed by atoms with Crippen molar-refractivity contribution in [1.82, 2.24) is 4.90 Å². The van der Waals surface area contributed by atoms with E-state index in [4.69, 9.17) is 18.9 Å². The molecule has 3 saturated carbocycles. The van der Waals surface area contributed by atoms with Crippen LogP contribution in [0.25, 0.3) is 0 Å². The Morgan fingerprint density at radius 2 is 1.84 bits per heavy atom. The lowest BCUT2D eigenvalue weighted by atomic mass is 9.35. The second kappa shape index (κ2) is 8.12. The van der Waals surface area contributed by atoms with Crippen LogP contribution in [0.1, 0.15) is 47.9 Å². The molecule has 6 aliphatic rings. The van der Waals surface area contributed by atoms with Crippen LogP contribution < -0.4 is 9.47 Å². The van der Waals surface area contributed by atoms with Gasteiger partial charge < -0.3 is 23.8 Å². The monoisotopic (exact) mass is 529 g/mol. The number of halogens is 3. The molecule has 4 fully saturated rings. The lowest BCUT2D eigenvalue weighted by Gasteiger charge is -2.73. The van der Waals surface area contributed by atoms with E-state index in [9.17, 15) is 13.2 Å². The van der Waals surface area contributed by atoms with Crippen molar-refractivity contribution < 1.29 is 32.1 Å². The number of alkyl halides is 3. The zero-order valence-corrected chi connectivity index (χ0v) is 22.1. The van der Waals surface area contributed by atoms with Crippen LogP contribution in [0.15, 0.2) is 36.4 Å². The van der Waals surface area contributed by atoms with Crippen molar-refractivity contribution in [2.45, 2.75) is 68.0 Å². The maximum absolute atomic E-state index is 13.0. The molecule has 0 N–H and O–H groups in total. The first-order valence-corrected chi connectivity index (χ1v) is 13.6. The minimum atomic E-state index is -4.34. The van der Waals surface area contributed by atoms with Crippen molar-refractivity contribution in [2.75, 3.05) is 34.4 Å². The van der Waals surface area contributed by atoms with Gasteiger partial charge in [-0.05, 0) is 75.0 Å². The molecule has 0 amide bonds. The normalized spacial score (nSPS) is 36.6. The summed E-state index contributed by atoms with van der Waals surface area (Å²) in [5.74, 6) is 1.81. The van der Waals surface area contributed by atoms with E-state index in [0.717, 1.165) is 67.8 Å². The highest BCUT2D eigenvalue weighted by Crippen LogP contribution is 2.76. The van der Waals surface area contributed by atoms with Crippen LogP contribution in [-0.2, 0) is 34.1 Å². The van der Waals surface area contributed by atoms with E-state index in [-0.39, 0.29) is 29.5 Å². The third-order valence-corrected chi connectivity index (χ3v) is 10.8. The fourth-order valence-corrected chi connectivity index (χ4v) is 9.28. The van der Waals surface area contributed by atoms with E-state index < -0.39 is 17.3 Å². The van der Waals surface area contributed by atoms with Gasteiger partial charge in [-0.3, -0.25) is 0 Å². The van der Waals surface area contributed by atoms with Crippen molar-refractivity contribution in [1.29, 1.82) is 0 Å².